The summed E-state index contributed by atoms with van der Waals surface area (Å²) in [6.45, 7) is 2.59. The minimum Gasteiger partial charge on any atom is -0.457 e. The quantitative estimate of drug-likeness (QED) is 0.296. The lowest BCUT2D eigenvalue weighted by molar-refractivity contribution is 0.479. The molecular weight excluding hydrogens is 508 g/mol. The Morgan fingerprint density at radius 2 is 1.84 bits per heavy atom. The molecule has 1 N–H and O–H groups in total. The largest absolute Gasteiger partial charge is 0.457 e. The second-order valence-corrected chi connectivity index (χ2v) is 7.48. The van der Waals surface area contributed by atoms with Gasteiger partial charge in [0.15, 0.2) is 5.96 Å². The third-order valence-electron chi connectivity index (χ3n) is 5.32. The lowest BCUT2D eigenvalue weighted by atomic mass is 10.0. The van der Waals surface area contributed by atoms with Crippen molar-refractivity contribution < 1.29 is 9.13 Å². The Hall–Kier alpha value is -2.62. The molecule has 1 aliphatic heterocycles. The summed E-state index contributed by atoms with van der Waals surface area (Å²) in [5.41, 5.74) is 2.41. The van der Waals surface area contributed by atoms with Crippen LogP contribution >= 0.6 is 24.0 Å². The van der Waals surface area contributed by atoms with Gasteiger partial charge in [-0.3, -0.25) is 9.67 Å². The van der Waals surface area contributed by atoms with E-state index in [2.05, 4.69) is 26.5 Å². The second-order valence-electron chi connectivity index (χ2n) is 7.48. The maximum Gasteiger partial charge on any atom is 0.193 e. The van der Waals surface area contributed by atoms with Crippen molar-refractivity contribution in [3.05, 3.63) is 77.9 Å². The van der Waals surface area contributed by atoms with Gasteiger partial charge in [-0.25, -0.2) is 4.39 Å². The van der Waals surface area contributed by atoms with Crippen LogP contribution in [0.2, 0.25) is 0 Å². The van der Waals surface area contributed by atoms with Crippen LogP contribution in [0.5, 0.6) is 11.5 Å². The Labute approximate surface area is 199 Å². The topological polar surface area (TPSA) is 54.7 Å². The zero-order valence-corrected chi connectivity index (χ0v) is 20.0. The zero-order valence-electron chi connectivity index (χ0n) is 17.7. The van der Waals surface area contributed by atoms with Crippen LogP contribution < -0.4 is 10.1 Å². The fourth-order valence-corrected chi connectivity index (χ4v) is 3.70. The normalized spacial score (nSPS) is 16.2. The first kappa shape index (κ1) is 23.1. The van der Waals surface area contributed by atoms with Gasteiger partial charge >= 0.3 is 0 Å². The molecule has 1 atom stereocenters. The van der Waals surface area contributed by atoms with Gasteiger partial charge in [0.25, 0.3) is 0 Å². The summed E-state index contributed by atoms with van der Waals surface area (Å²) in [6.07, 6.45) is 5.15. The van der Waals surface area contributed by atoms with E-state index in [1.54, 1.807) is 12.1 Å². The first-order valence-corrected chi connectivity index (χ1v) is 10.1. The lowest BCUT2D eigenvalue weighted by Crippen LogP contribution is -2.39. The molecule has 8 heteroatoms. The summed E-state index contributed by atoms with van der Waals surface area (Å²) in [4.78, 5) is 6.75. The van der Waals surface area contributed by atoms with E-state index in [1.165, 1.54) is 17.7 Å². The lowest BCUT2D eigenvalue weighted by Gasteiger charge is -2.21. The van der Waals surface area contributed by atoms with Crippen molar-refractivity contribution >= 4 is 29.9 Å². The molecule has 4 rings (SSSR count). The molecule has 164 valence electrons. The van der Waals surface area contributed by atoms with Gasteiger partial charge in [-0.15, -0.1) is 24.0 Å². The first-order chi connectivity index (χ1) is 14.6. The zero-order chi connectivity index (χ0) is 20.9. The molecule has 1 fully saturated rings. The van der Waals surface area contributed by atoms with E-state index in [0.717, 1.165) is 31.0 Å². The van der Waals surface area contributed by atoms with Crippen molar-refractivity contribution in [2.45, 2.75) is 18.9 Å². The summed E-state index contributed by atoms with van der Waals surface area (Å²) < 4.78 is 20.6. The molecule has 2 heterocycles. The minimum absolute atomic E-state index is 0. The number of hydrogen-bond donors (Lipinski definition) is 1. The van der Waals surface area contributed by atoms with E-state index in [9.17, 15) is 4.39 Å². The van der Waals surface area contributed by atoms with Gasteiger partial charge in [-0.05, 0) is 53.9 Å². The summed E-state index contributed by atoms with van der Waals surface area (Å²) in [6, 6.07) is 13.9. The van der Waals surface area contributed by atoms with Crippen LogP contribution in [0.15, 0.2) is 65.9 Å². The maximum atomic E-state index is 13.0. The van der Waals surface area contributed by atoms with Gasteiger partial charge in [0.2, 0.25) is 0 Å². The molecule has 0 amide bonds. The predicted molar refractivity (Wildman–Crippen MR) is 131 cm³/mol. The average Bonchev–Trinajstić information content (AvgIpc) is 3.41. The molecule has 6 nitrogen and oxygen atoms in total. The number of aliphatic imine (C=N–C) groups is 1. The number of ether oxygens (including phenoxy) is 1. The van der Waals surface area contributed by atoms with E-state index in [4.69, 9.17) is 4.74 Å². The van der Waals surface area contributed by atoms with Crippen molar-refractivity contribution in [1.29, 1.82) is 0 Å². The Kier molecular flexibility index (Phi) is 7.89. The molecular formula is C23H27FIN5O. The Morgan fingerprint density at radius 3 is 2.45 bits per heavy atom. The van der Waals surface area contributed by atoms with Gasteiger partial charge < -0.3 is 15.0 Å². The van der Waals surface area contributed by atoms with E-state index in [1.807, 2.05) is 49.2 Å². The predicted octanol–water partition coefficient (Wildman–Crippen LogP) is 4.53. The summed E-state index contributed by atoms with van der Waals surface area (Å²) >= 11 is 0. The van der Waals surface area contributed by atoms with E-state index < -0.39 is 0 Å². The summed E-state index contributed by atoms with van der Waals surface area (Å²) in [5.74, 6) is 2.45. The molecule has 1 aromatic heterocycles. The van der Waals surface area contributed by atoms with Gasteiger partial charge in [0.1, 0.15) is 17.3 Å². The monoisotopic (exact) mass is 535 g/mol. The summed E-state index contributed by atoms with van der Waals surface area (Å²) in [5, 5.41) is 7.74. The molecule has 0 bridgehead atoms. The van der Waals surface area contributed by atoms with Crippen LogP contribution in [-0.4, -0.2) is 40.8 Å². The van der Waals surface area contributed by atoms with Crippen LogP contribution in [0.3, 0.4) is 0 Å². The maximum absolute atomic E-state index is 13.0. The van der Waals surface area contributed by atoms with E-state index in [-0.39, 0.29) is 29.8 Å². The number of aryl methyl sites for hydroxylation is 1. The average molecular weight is 535 g/mol. The number of nitrogens with one attached hydrogen (secondary N) is 1. The number of likely N-dealkylation sites (tertiary alicyclic amines) is 1. The number of rotatable bonds is 5. The van der Waals surface area contributed by atoms with E-state index in [0.29, 0.717) is 24.0 Å². The molecule has 0 radical (unpaired) electrons. The van der Waals surface area contributed by atoms with Gasteiger partial charge in [0, 0.05) is 45.8 Å². The molecule has 1 saturated heterocycles. The van der Waals surface area contributed by atoms with Crippen LogP contribution in [0, 0.1) is 5.82 Å². The van der Waals surface area contributed by atoms with Crippen LogP contribution in [0.1, 0.15) is 23.5 Å². The van der Waals surface area contributed by atoms with Crippen LogP contribution in [-0.2, 0) is 13.6 Å². The third kappa shape index (κ3) is 5.96. The second kappa shape index (κ2) is 10.6. The highest BCUT2D eigenvalue weighted by atomic mass is 127. The number of guanidine groups is 1. The minimum atomic E-state index is -0.276. The number of hydrogen-bond acceptors (Lipinski definition) is 3. The highest BCUT2D eigenvalue weighted by molar-refractivity contribution is 14.0. The molecule has 1 aliphatic rings. The molecule has 3 aromatic rings. The SMILES string of the molecule is CN=C(NCc1ccc(Oc2ccc(F)cc2)cc1)N1CCC(c2cnn(C)c2)C1.I. The molecule has 1 unspecified atom stereocenters. The molecule has 0 saturated carbocycles. The standard InChI is InChI=1S/C23H26FN5O.HI/c1-25-23(29-12-11-18(16-29)19-14-27-28(2)15-19)26-13-17-3-7-21(8-4-17)30-22-9-5-20(24)6-10-22;/h3-10,14-15,18H,11-13,16H2,1-2H3,(H,25,26);1H. The number of nitrogens with zero attached hydrogens (tertiary/aromatic N) is 4. The molecule has 0 aliphatic carbocycles. The Morgan fingerprint density at radius 1 is 1.16 bits per heavy atom. The molecule has 31 heavy (non-hydrogen) atoms. The van der Waals surface area contributed by atoms with Crippen molar-refractivity contribution in [3.63, 3.8) is 0 Å². The van der Waals surface area contributed by atoms with Crippen molar-refractivity contribution in [3.8, 4) is 11.5 Å². The van der Waals surface area contributed by atoms with Gasteiger partial charge in [0.05, 0.1) is 6.20 Å². The first-order valence-electron chi connectivity index (χ1n) is 10.1. The van der Waals surface area contributed by atoms with Crippen molar-refractivity contribution in [1.82, 2.24) is 20.0 Å². The van der Waals surface area contributed by atoms with Crippen LogP contribution in [0.4, 0.5) is 4.39 Å². The number of aromatic nitrogens is 2. The molecule has 2 aromatic carbocycles. The highest BCUT2D eigenvalue weighted by Gasteiger charge is 2.26. The van der Waals surface area contributed by atoms with Crippen molar-refractivity contribution in [2.75, 3.05) is 20.1 Å². The Bertz CT molecular complexity index is 1000. The fourth-order valence-electron chi connectivity index (χ4n) is 3.70. The number of halogens is 2. The molecule has 0 spiro atoms. The smallest absolute Gasteiger partial charge is 0.193 e. The third-order valence-corrected chi connectivity index (χ3v) is 5.32. The van der Waals surface area contributed by atoms with Gasteiger partial charge in [-0.1, -0.05) is 12.1 Å². The summed E-state index contributed by atoms with van der Waals surface area (Å²) in [7, 11) is 3.77. The fraction of sp³-hybridized carbons (Fsp3) is 0.304. The van der Waals surface area contributed by atoms with Crippen LogP contribution in [0.25, 0.3) is 0 Å². The van der Waals surface area contributed by atoms with Crippen molar-refractivity contribution in [2.24, 2.45) is 12.0 Å². The van der Waals surface area contributed by atoms with Gasteiger partial charge in [-0.2, -0.15) is 5.10 Å². The highest BCUT2D eigenvalue weighted by Crippen LogP contribution is 2.27. The number of benzene rings is 2. The Balaban J connectivity index is 0.00000272. The van der Waals surface area contributed by atoms with E-state index >= 15 is 0 Å².